The SMILES string of the molecule is CS(=O)(=O)CCC(N)C(=O)NC1CCN2CCCC12. The molecule has 0 bridgehead atoms. The molecule has 3 N–H and O–H groups in total. The molecule has 2 heterocycles. The Hall–Kier alpha value is -0.660. The number of amides is 1. The third kappa shape index (κ3) is 3.90. The molecule has 110 valence electrons. The Labute approximate surface area is 114 Å². The second-order valence-corrected chi connectivity index (χ2v) is 7.93. The maximum Gasteiger partial charge on any atom is 0.237 e. The van der Waals surface area contributed by atoms with E-state index in [1.807, 2.05) is 0 Å². The van der Waals surface area contributed by atoms with Crippen LogP contribution in [0.15, 0.2) is 0 Å². The van der Waals surface area contributed by atoms with Crippen molar-refractivity contribution < 1.29 is 13.2 Å². The van der Waals surface area contributed by atoms with E-state index in [9.17, 15) is 13.2 Å². The summed E-state index contributed by atoms with van der Waals surface area (Å²) in [6.07, 6.45) is 4.63. The van der Waals surface area contributed by atoms with E-state index in [1.165, 1.54) is 6.42 Å². The second-order valence-electron chi connectivity index (χ2n) is 5.67. The van der Waals surface area contributed by atoms with Crippen molar-refractivity contribution in [3.05, 3.63) is 0 Å². The molecule has 0 aromatic heterocycles. The summed E-state index contributed by atoms with van der Waals surface area (Å²) >= 11 is 0. The number of hydrogen-bond acceptors (Lipinski definition) is 5. The number of hydrogen-bond donors (Lipinski definition) is 2. The molecule has 6 nitrogen and oxygen atoms in total. The molecule has 2 saturated heterocycles. The highest BCUT2D eigenvalue weighted by Gasteiger charge is 2.38. The third-order valence-corrected chi connectivity index (χ3v) is 5.05. The smallest absolute Gasteiger partial charge is 0.237 e. The van der Waals surface area contributed by atoms with Crippen LogP contribution in [-0.4, -0.2) is 62.4 Å². The van der Waals surface area contributed by atoms with E-state index >= 15 is 0 Å². The van der Waals surface area contributed by atoms with E-state index in [2.05, 4.69) is 10.2 Å². The lowest BCUT2D eigenvalue weighted by atomic mass is 10.1. The Morgan fingerprint density at radius 2 is 2.16 bits per heavy atom. The van der Waals surface area contributed by atoms with Gasteiger partial charge in [0.25, 0.3) is 0 Å². The van der Waals surface area contributed by atoms with Gasteiger partial charge in [0.1, 0.15) is 9.84 Å². The van der Waals surface area contributed by atoms with Crippen LogP contribution in [0.5, 0.6) is 0 Å². The number of carbonyl (C=O) groups excluding carboxylic acids is 1. The second kappa shape index (κ2) is 5.76. The Kier molecular flexibility index (Phi) is 4.47. The Balaban J connectivity index is 1.80. The highest BCUT2D eigenvalue weighted by Crippen LogP contribution is 2.27. The molecule has 0 aliphatic carbocycles. The van der Waals surface area contributed by atoms with Crippen LogP contribution < -0.4 is 11.1 Å². The number of nitrogens with zero attached hydrogens (tertiary/aromatic N) is 1. The first-order valence-corrected chi connectivity index (χ1v) is 8.90. The van der Waals surface area contributed by atoms with Gasteiger partial charge in [0, 0.05) is 24.9 Å². The van der Waals surface area contributed by atoms with Crippen LogP contribution >= 0.6 is 0 Å². The molecule has 1 amide bonds. The van der Waals surface area contributed by atoms with E-state index < -0.39 is 15.9 Å². The van der Waals surface area contributed by atoms with E-state index in [0.29, 0.717) is 6.04 Å². The van der Waals surface area contributed by atoms with Gasteiger partial charge in [0.15, 0.2) is 0 Å². The maximum atomic E-state index is 12.0. The van der Waals surface area contributed by atoms with Crippen molar-refractivity contribution in [3.8, 4) is 0 Å². The fourth-order valence-corrected chi connectivity index (χ4v) is 3.69. The van der Waals surface area contributed by atoms with Gasteiger partial charge in [0.05, 0.1) is 11.8 Å². The van der Waals surface area contributed by atoms with Crippen molar-refractivity contribution >= 4 is 15.7 Å². The van der Waals surface area contributed by atoms with Gasteiger partial charge in [-0.3, -0.25) is 9.69 Å². The van der Waals surface area contributed by atoms with Crippen LogP contribution in [-0.2, 0) is 14.6 Å². The maximum absolute atomic E-state index is 12.0. The average Bonchev–Trinajstić information content (AvgIpc) is 2.89. The standard InChI is InChI=1S/C12H23N3O3S/c1-19(17,18)8-5-9(13)12(16)14-10-4-7-15-6-2-3-11(10)15/h9-11H,2-8,13H2,1H3,(H,14,16). The van der Waals surface area contributed by atoms with Crippen LogP contribution in [0.1, 0.15) is 25.7 Å². The number of fused-ring (bicyclic) bond motifs is 1. The van der Waals surface area contributed by atoms with Crippen molar-refractivity contribution in [2.45, 2.75) is 43.8 Å². The van der Waals surface area contributed by atoms with E-state index in [4.69, 9.17) is 5.73 Å². The Morgan fingerprint density at radius 1 is 1.42 bits per heavy atom. The van der Waals surface area contributed by atoms with Gasteiger partial charge in [-0.25, -0.2) is 8.42 Å². The third-order valence-electron chi connectivity index (χ3n) is 4.07. The van der Waals surface area contributed by atoms with Crippen LogP contribution in [0.2, 0.25) is 0 Å². The number of rotatable bonds is 5. The lowest BCUT2D eigenvalue weighted by Gasteiger charge is -2.22. The van der Waals surface area contributed by atoms with Gasteiger partial charge in [-0.2, -0.15) is 0 Å². The van der Waals surface area contributed by atoms with E-state index in [1.54, 1.807) is 0 Å². The minimum atomic E-state index is -3.06. The van der Waals surface area contributed by atoms with Crippen LogP contribution in [0, 0.1) is 0 Å². The fraction of sp³-hybridized carbons (Fsp3) is 0.917. The predicted molar refractivity (Wildman–Crippen MR) is 73.4 cm³/mol. The van der Waals surface area contributed by atoms with Gasteiger partial charge >= 0.3 is 0 Å². The number of carbonyl (C=O) groups is 1. The summed E-state index contributed by atoms with van der Waals surface area (Å²) in [6, 6.07) is -0.101. The summed E-state index contributed by atoms with van der Waals surface area (Å²) in [7, 11) is -3.06. The van der Waals surface area contributed by atoms with E-state index in [-0.39, 0.29) is 24.1 Å². The summed E-state index contributed by atoms with van der Waals surface area (Å²) in [5.74, 6) is -0.260. The number of nitrogens with one attached hydrogen (secondary N) is 1. The molecule has 3 unspecified atom stereocenters. The van der Waals surface area contributed by atoms with Gasteiger partial charge in [0.2, 0.25) is 5.91 Å². The summed E-state index contributed by atoms with van der Waals surface area (Å²) in [5, 5.41) is 2.99. The average molecular weight is 289 g/mol. The zero-order valence-corrected chi connectivity index (χ0v) is 12.2. The van der Waals surface area contributed by atoms with Gasteiger partial charge in [-0.15, -0.1) is 0 Å². The molecule has 2 fully saturated rings. The van der Waals surface area contributed by atoms with Gasteiger partial charge in [-0.05, 0) is 32.2 Å². The number of sulfone groups is 1. The normalized spacial score (nSPS) is 29.2. The summed E-state index contributed by atoms with van der Waals surface area (Å²) in [5.41, 5.74) is 5.75. The lowest BCUT2D eigenvalue weighted by Crippen LogP contribution is -2.49. The molecule has 0 radical (unpaired) electrons. The monoisotopic (exact) mass is 289 g/mol. The van der Waals surface area contributed by atoms with Crippen molar-refractivity contribution in [1.82, 2.24) is 10.2 Å². The van der Waals surface area contributed by atoms with Crippen molar-refractivity contribution in [2.24, 2.45) is 5.73 Å². The zero-order chi connectivity index (χ0) is 14.0. The molecular weight excluding hydrogens is 266 g/mol. The molecule has 0 spiro atoms. The minimum absolute atomic E-state index is 0.0399. The first-order valence-electron chi connectivity index (χ1n) is 6.84. The first kappa shape index (κ1) is 14.7. The molecule has 0 saturated carbocycles. The van der Waals surface area contributed by atoms with Crippen molar-refractivity contribution in [3.63, 3.8) is 0 Å². The summed E-state index contributed by atoms with van der Waals surface area (Å²) in [4.78, 5) is 14.4. The highest BCUT2D eigenvalue weighted by molar-refractivity contribution is 7.90. The summed E-state index contributed by atoms with van der Waals surface area (Å²) in [6.45, 7) is 2.16. The van der Waals surface area contributed by atoms with E-state index in [0.717, 1.165) is 32.2 Å². The van der Waals surface area contributed by atoms with Crippen molar-refractivity contribution in [2.75, 3.05) is 25.1 Å². The summed E-state index contributed by atoms with van der Waals surface area (Å²) < 4.78 is 22.1. The molecule has 19 heavy (non-hydrogen) atoms. The predicted octanol–water partition coefficient (Wildman–Crippen LogP) is -0.899. The van der Waals surface area contributed by atoms with Crippen LogP contribution in [0.25, 0.3) is 0 Å². The topological polar surface area (TPSA) is 92.5 Å². The molecule has 0 aromatic rings. The minimum Gasteiger partial charge on any atom is -0.350 e. The largest absolute Gasteiger partial charge is 0.350 e. The Bertz CT molecular complexity index is 438. The highest BCUT2D eigenvalue weighted by atomic mass is 32.2. The molecular formula is C12H23N3O3S. The Morgan fingerprint density at radius 3 is 2.84 bits per heavy atom. The van der Waals surface area contributed by atoms with Gasteiger partial charge in [-0.1, -0.05) is 0 Å². The lowest BCUT2D eigenvalue weighted by molar-refractivity contribution is -0.123. The van der Waals surface area contributed by atoms with Gasteiger partial charge < -0.3 is 11.1 Å². The molecule has 2 aliphatic heterocycles. The molecule has 2 aliphatic rings. The molecule has 3 atom stereocenters. The molecule has 7 heteroatoms. The zero-order valence-electron chi connectivity index (χ0n) is 11.3. The van der Waals surface area contributed by atoms with Crippen molar-refractivity contribution in [1.29, 1.82) is 0 Å². The number of nitrogens with two attached hydrogens (primary N) is 1. The molecule has 0 aromatic carbocycles. The quantitative estimate of drug-likeness (QED) is 0.684. The first-order chi connectivity index (χ1) is 8.87. The fourth-order valence-electron chi connectivity index (χ4n) is 3.01. The van der Waals surface area contributed by atoms with Crippen LogP contribution in [0.3, 0.4) is 0 Å². The molecule has 2 rings (SSSR count). The van der Waals surface area contributed by atoms with Crippen LogP contribution in [0.4, 0.5) is 0 Å².